The first-order valence-electron chi connectivity index (χ1n) is 49.6. The number of anilines is 10. The summed E-state index contributed by atoms with van der Waals surface area (Å²) in [6.07, 6.45) is 16.2. The molecule has 16 N–H and O–H groups in total. The number of benzene rings is 8. The summed E-state index contributed by atoms with van der Waals surface area (Å²) >= 11 is 1.42. The highest BCUT2D eigenvalue weighted by molar-refractivity contribution is 7.98. The van der Waals surface area contributed by atoms with Crippen LogP contribution >= 0.6 is 11.8 Å². The maximum absolute atomic E-state index is 12.8. The van der Waals surface area contributed by atoms with Gasteiger partial charge in [-0.25, -0.2) is 19.9 Å². The number of nitrogen functional groups attached to an aromatic ring is 1. The van der Waals surface area contributed by atoms with E-state index in [1.165, 1.54) is 37.4 Å². The van der Waals surface area contributed by atoms with Gasteiger partial charge in [-0.1, -0.05) is 162 Å². The Hall–Kier alpha value is -16.9. The van der Waals surface area contributed by atoms with E-state index in [1.807, 2.05) is 155 Å². The van der Waals surface area contributed by atoms with Gasteiger partial charge in [-0.15, -0.1) is 0 Å². The lowest BCUT2D eigenvalue weighted by Crippen LogP contribution is -2.29. The number of hydrogen-bond acceptors (Lipinski definition) is 22. The van der Waals surface area contributed by atoms with Gasteiger partial charge < -0.3 is 88.1 Å². The Morgan fingerprint density at radius 1 is 0.393 bits per heavy atom. The number of piperidine rings is 1. The number of ether oxygens (including phenoxy) is 1. The first kappa shape index (κ1) is 110. The highest BCUT2D eigenvalue weighted by atomic mass is 32.2. The SMILES string of the molecule is CNc1cc(-c2c[nH]c(=O)c(NC(=O)c3ccc(C(C)(C)C)cc3)c2)nc(SC)n1.CNc1ccc(C)c(-c2c[nH]c(=O)c(NC(=O)c3ccc(C(C)(C)C)cc3)c2)c1.COc1ccc(C)c(-c2c[nH]c(=O)c(NC(=O)c3ccc(C(C)(C)C)cc3)c2)c1.Cc1ccc(N)cc1-c1c[nH]c(=O)c(NC(=O)c2ccc(C(C)(C)C)cc2)c1.O=C(Nc1cc(-c2cc(NC3CCNC3)ncn2)c[nH]c1=O)c1ccc(N2CCCCC2)cc1. The molecule has 150 heavy (non-hydrogen) atoms. The van der Waals surface area contributed by atoms with E-state index in [0.29, 0.717) is 73.0 Å². The molecule has 8 aromatic carbocycles. The topological polar surface area (TPSA) is 448 Å². The van der Waals surface area contributed by atoms with Crippen molar-refractivity contribution in [2.45, 2.75) is 162 Å². The number of thioether (sulfide) groups is 1. The predicted octanol–water partition coefficient (Wildman–Crippen LogP) is 21.3. The van der Waals surface area contributed by atoms with Gasteiger partial charge in [0.05, 0.1) is 18.5 Å². The van der Waals surface area contributed by atoms with Crippen LogP contribution in [-0.2, 0) is 21.7 Å². The summed E-state index contributed by atoms with van der Waals surface area (Å²) in [5, 5.41) is 27.1. The van der Waals surface area contributed by atoms with Crippen molar-refractivity contribution in [3.63, 3.8) is 0 Å². The van der Waals surface area contributed by atoms with Gasteiger partial charge in [-0.2, -0.15) is 0 Å². The summed E-state index contributed by atoms with van der Waals surface area (Å²) in [6, 6.07) is 66.9. The number of H-pyrrole nitrogens is 5. The second kappa shape index (κ2) is 49.1. The number of aryl methyl sites for hydroxylation is 3. The fraction of sp³-hybridized carbons (Fsp3) is 0.271. The molecule has 7 aromatic heterocycles. The standard InChI is InChI=1S/C25H29N7O2.C24H27N3O2.C24H26N2O3.C23H25N3O2.C22H25N5O2S/c33-24(17-4-6-20(7-5-17)32-10-2-1-3-11-32)31-22-12-18(14-27-25(22)34)21-13-23(29-16-28-21)30-19-8-9-26-15-19;1-15-6-11-19(25-5)13-20(15)17-12-21(23(29)26-14-17)27-22(28)16-7-9-18(10-8-16)24(2,3)4;1-15-6-11-19(29-5)13-20(15)17-12-21(23(28)25-14-17)26-22(27)16-7-9-18(10-8-16)24(2,3)4;1-14-5-10-18(24)12-19(14)16-11-20(22(28)25-13-16)26-21(27)15-6-8-17(9-7-15)23(2,3)4;1-22(2,3)15-8-6-13(7-9-15)19(28)25-17-10-14(12-24-20(17)29)16-11-18(23-4)27-21(26-16)30-5/h4-7,12-14,16,19,26H,1-3,8-11,15H2,(H,27,34)(H,31,33)(H,28,29,30);6-14,25H,1-5H3,(H,26,29)(H,27,28);6-14H,1-5H3,(H,25,28)(H,26,27);5-13H,24H2,1-4H3,(H,25,28)(H,26,27);6-12H,1-5H3,(H,24,29)(H,25,28)(H,23,26,27). The van der Waals surface area contributed by atoms with E-state index in [-0.39, 0.29) is 107 Å². The molecule has 2 saturated heterocycles. The second-order valence-electron chi connectivity index (χ2n) is 40.9. The zero-order valence-electron chi connectivity index (χ0n) is 88.2. The number of amides is 5. The van der Waals surface area contributed by atoms with Crippen molar-refractivity contribution in [1.29, 1.82) is 0 Å². The molecule has 0 radical (unpaired) electrons. The highest BCUT2D eigenvalue weighted by Gasteiger charge is 2.25. The number of nitrogens with two attached hydrogens (primary N) is 1. The van der Waals surface area contributed by atoms with Crippen molar-refractivity contribution in [2.75, 3.05) is 107 Å². The van der Waals surface area contributed by atoms with Crippen LogP contribution in [0.3, 0.4) is 0 Å². The molecular formula is C118H132N20O11S. The van der Waals surface area contributed by atoms with Gasteiger partial charge in [0.1, 0.15) is 52.1 Å². The van der Waals surface area contributed by atoms with Crippen molar-refractivity contribution >= 4 is 98.4 Å². The average Bonchev–Trinajstić information content (AvgIpc) is 0.860. The number of rotatable bonds is 22. The largest absolute Gasteiger partial charge is 0.497 e. The lowest BCUT2D eigenvalue weighted by molar-refractivity contribution is 0.101. The number of methoxy groups -OCH3 is 1. The Balaban J connectivity index is 0.000000157. The normalized spacial score (nSPS) is 12.8. The number of carbonyl (C=O) groups is 5. The van der Waals surface area contributed by atoms with Gasteiger partial charge in [0, 0.05) is 156 Å². The minimum absolute atomic E-state index is 0.000145. The smallest absolute Gasteiger partial charge is 0.271 e. The van der Waals surface area contributed by atoms with Crippen LogP contribution in [0.4, 0.5) is 57.1 Å². The zero-order valence-corrected chi connectivity index (χ0v) is 89.0. The van der Waals surface area contributed by atoms with E-state index in [1.54, 1.807) is 142 Å². The zero-order chi connectivity index (χ0) is 108. The maximum atomic E-state index is 12.8. The molecule has 0 aliphatic carbocycles. The van der Waals surface area contributed by atoms with Crippen LogP contribution in [0.1, 0.15) is 200 Å². The van der Waals surface area contributed by atoms with Crippen LogP contribution in [0.15, 0.2) is 285 Å². The van der Waals surface area contributed by atoms with Gasteiger partial charge >= 0.3 is 0 Å². The van der Waals surface area contributed by atoms with Gasteiger partial charge in [-0.05, 0) is 276 Å². The molecular weight excluding hydrogens is 1910 g/mol. The van der Waals surface area contributed by atoms with Crippen molar-refractivity contribution < 1.29 is 28.7 Å². The molecule has 17 rings (SSSR count). The third-order valence-electron chi connectivity index (χ3n) is 25.6. The molecule has 31 nitrogen and oxygen atoms in total. The summed E-state index contributed by atoms with van der Waals surface area (Å²) in [5.74, 6) is 0.482. The first-order chi connectivity index (χ1) is 71.4. The molecule has 0 saturated carbocycles. The van der Waals surface area contributed by atoms with Crippen LogP contribution in [0.2, 0.25) is 0 Å². The molecule has 5 amide bonds. The molecule has 1 unspecified atom stereocenters. The maximum Gasteiger partial charge on any atom is 0.271 e. The van der Waals surface area contributed by atoms with Gasteiger partial charge in [0.15, 0.2) is 5.16 Å². The molecule has 15 aromatic rings. The van der Waals surface area contributed by atoms with E-state index in [2.05, 4.69) is 181 Å². The Labute approximate surface area is 877 Å². The molecule has 2 fully saturated rings. The average molecular weight is 2040 g/mol. The van der Waals surface area contributed by atoms with Crippen molar-refractivity contribution in [3.05, 3.63) is 374 Å². The van der Waals surface area contributed by atoms with Crippen LogP contribution in [0.5, 0.6) is 5.75 Å². The van der Waals surface area contributed by atoms with Crippen molar-refractivity contribution in [1.82, 2.24) is 50.2 Å². The summed E-state index contributed by atoms with van der Waals surface area (Å²) in [6.45, 7) is 35.3. The molecule has 1 atom stereocenters. The number of aromatic amines is 5. The van der Waals surface area contributed by atoms with Crippen LogP contribution in [0.25, 0.3) is 55.9 Å². The summed E-state index contributed by atoms with van der Waals surface area (Å²) < 4.78 is 5.30. The van der Waals surface area contributed by atoms with E-state index in [0.717, 1.165) is 128 Å². The number of carbonyl (C=O) groups excluding carboxylic acids is 5. The molecule has 776 valence electrons. The molecule has 0 spiro atoms. The lowest BCUT2D eigenvalue weighted by atomic mass is 9.86. The Bertz CT molecular complexity index is 7470. The van der Waals surface area contributed by atoms with Gasteiger partial charge in [-0.3, -0.25) is 47.9 Å². The van der Waals surface area contributed by atoms with Crippen molar-refractivity contribution in [2.24, 2.45) is 0 Å². The van der Waals surface area contributed by atoms with Crippen molar-refractivity contribution in [3.8, 4) is 61.6 Å². The minimum atomic E-state index is -0.383. The Kier molecular flexibility index (Phi) is 36.1. The third-order valence-corrected chi connectivity index (χ3v) is 26.2. The molecule has 32 heteroatoms. The number of aromatic nitrogens is 9. The lowest BCUT2D eigenvalue weighted by Gasteiger charge is -2.28. The number of hydrogen-bond donors (Lipinski definition) is 15. The van der Waals surface area contributed by atoms with Crippen LogP contribution in [0, 0.1) is 20.8 Å². The number of nitrogens with zero attached hydrogens (tertiary/aromatic N) is 5. The fourth-order valence-corrected chi connectivity index (χ4v) is 16.9. The van der Waals surface area contributed by atoms with Gasteiger partial charge in [0.2, 0.25) is 0 Å². The predicted molar refractivity (Wildman–Crippen MR) is 607 cm³/mol. The summed E-state index contributed by atoms with van der Waals surface area (Å²) in [7, 11) is 5.25. The summed E-state index contributed by atoms with van der Waals surface area (Å²) in [4.78, 5) is 158. The van der Waals surface area contributed by atoms with Crippen LogP contribution < -0.4 is 91.0 Å². The van der Waals surface area contributed by atoms with E-state index < -0.39 is 0 Å². The summed E-state index contributed by atoms with van der Waals surface area (Å²) in [5.41, 5.74) is 25.9. The number of pyridine rings is 5. The second-order valence-corrected chi connectivity index (χ2v) is 41.6. The Morgan fingerprint density at radius 2 is 0.747 bits per heavy atom. The minimum Gasteiger partial charge on any atom is -0.497 e. The first-order valence-corrected chi connectivity index (χ1v) is 50.8. The molecule has 0 bridgehead atoms. The molecule has 9 heterocycles. The van der Waals surface area contributed by atoms with Crippen LogP contribution in [-0.4, -0.2) is 134 Å². The molecule has 2 aliphatic heterocycles. The van der Waals surface area contributed by atoms with E-state index in [4.69, 9.17) is 10.5 Å². The third kappa shape index (κ3) is 29.5. The van der Waals surface area contributed by atoms with E-state index >= 15 is 0 Å². The Morgan fingerprint density at radius 3 is 1.11 bits per heavy atom. The molecule has 2 aliphatic rings. The quantitative estimate of drug-likeness (QED) is 0.0170. The van der Waals surface area contributed by atoms with Gasteiger partial charge in [0.25, 0.3) is 57.3 Å². The monoisotopic (exact) mass is 2040 g/mol. The number of nitrogens with one attached hydrogen (secondary N) is 14. The highest BCUT2D eigenvalue weighted by Crippen LogP contribution is 2.35. The fourth-order valence-electron chi connectivity index (χ4n) is 16.5. The van der Waals surface area contributed by atoms with E-state index in [9.17, 15) is 47.9 Å².